The summed E-state index contributed by atoms with van der Waals surface area (Å²) in [7, 11) is 1.68. The second kappa shape index (κ2) is 11.5. The molecule has 0 aliphatic carbocycles. The number of fused-ring (bicyclic) bond motifs is 1. The second-order valence-electron chi connectivity index (χ2n) is 6.21. The van der Waals surface area contributed by atoms with Crippen LogP contribution >= 0.6 is 24.0 Å². The number of ether oxygens (including phenoxy) is 1. The van der Waals surface area contributed by atoms with Crippen molar-refractivity contribution in [1.82, 2.24) is 15.6 Å². The normalized spacial score (nSPS) is 11.0. The Balaban J connectivity index is 0.00000280. The summed E-state index contributed by atoms with van der Waals surface area (Å²) in [6, 6.07) is 18.4. The summed E-state index contributed by atoms with van der Waals surface area (Å²) in [5, 5.41) is 7.85. The van der Waals surface area contributed by atoms with Crippen molar-refractivity contribution in [3.8, 4) is 5.75 Å². The highest BCUT2D eigenvalue weighted by molar-refractivity contribution is 14.0. The van der Waals surface area contributed by atoms with Crippen LogP contribution in [0.1, 0.15) is 18.1 Å². The van der Waals surface area contributed by atoms with E-state index in [2.05, 4.69) is 58.9 Å². The van der Waals surface area contributed by atoms with E-state index in [-0.39, 0.29) is 24.0 Å². The molecule has 0 amide bonds. The monoisotopic (exact) mass is 490 g/mol. The molecule has 0 fully saturated rings. The Morgan fingerprint density at radius 3 is 2.57 bits per heavy atom. The first-order chi connectivity index (χ1) is 13.3. The molecule has 5 nitrogen and oxygen atoms in total. The van der Waals surface area contributed by atoms with Gasteiger partial charge in [-0.2, -0.15) is 0 Å². The maximum absolute atomic E-state index is 5.20. The number of pyridine rings is 1. The number of methoxy groups -OCH3 is 1. The van der Waals surface area contributed by atoms with E-state index in [0.29, 0.717) is 6.54 Å². The smallest absolute Gasteiger partial charge is 0.191 e. The van der Waals surface area contributed by atoms with Crippen LogP contribution in [0.25, 0.3) is 10.9 Å². The van der Waals surface area contributed by atoms with E-state index in [9.17, 15) is 0 Å². The van der Waals surface area contributed by atoms with Gasteiger partial charge in [0.2, 0.25) is 0 Å². The Hall–Kier alpha value is -2.35. The lowest BCUT2D eigenvalue weighted by molar-refractivity contribution is 0.414. The van der Waals surface area contributed by atoms with Gasteiger partial charge < -0.3 is 15.4 Å². The molecular weight excluding hydrogens is 463 g/mol. The highest BCUT2D eigenvalue weighted by Crippen LogP contribution is 2.16. The number of nitrogens with zero attached hydrogens (tertiary/aromatic N) is 2. The quantitative estimate of drug-likeness (QED) is 0.297. The average molecular weight is 490 g/mol. The minimum atomic E-state index is 0. The number of guanidine groups is 1. The maximum Gasteiger partial charge on any atom is 0.191 e. The molecule has 0 atom stereocenters. The molecule has 3 aromatic rings. The first-order valence-corrected chi connectivity index (χ1v) is 9.28. The fourth-order valence-electron chi connectivity index (χ4n) is 2.92. The van der Waals surface area contributed by atoms with Gasteiger partial charge in [0.05, 0.1) is 19.2 Å². The fourth-order valence-corrected chi connectivity index (χ4v) is 2.92. The third-order valence-corrected chi connectivity index (χ3v) is 4.33. The fraction of sp³-hybridized carbons (Fsp3) is 0.273. The van der Waals surface area contributed by atoms with Gasteiger partial charge in [0.1, 0.15) is 5.75 Å². The van der Waals surface area contributed by atoms with Crippen molar-refractivity contribution in [3.05, 3.63) is 71.9 Å². The van der Waals surface area contributed by atoms with E-state index >= 15 is 0 Å². The Morgan fingerprint density at radius 1 is 1.04 bits per heavy atom. The van der Waals surface area contributed by atoms with Crippen LogP contribution in [-0.2, 0) is 13.0 Å². The van der Waals surface area contributed by atoms with E-state index in [4.69, 9.17) is 9.73 Å². The van der Waals surface area contributed by atoms with Crippen LogP contribution < -0.4 is 15.4 Å². The van der Waals surface area contributed by atoms with Gasteiger partial charge in [-0.1, -0.05) is 36.4 Å². The van der Waals surface area contributed by atoms with Crippen molar-refractivity contribution in [1.29, 1.82) is 0 Å². The van der Waals surface area contributed by atoms with E-state index in [0.717, 1.165) is 47.7 Å². The predicted octanol–water partition coefficient (Wildman–Crippen LogP) is 4.16. The summed E-state index contributed by atoms with van der Waals surface area (Å²) < 4.78 is 5.20. The highest BCUT2D eigenvalue weighted by atomic mass is 127. The average Bonchev–Trinajstić information content (AvgIpc) is 2.72. The first kappa shape index (κ1) is 21.9. The third-order valence-electron chi connectivity index (χ3n) is 4.33. The number of hydrogen-bond acceptors (Lipinski definition) is 3. The zero-order chi connectivity index (χ0) is 18.9. The number of aromatic nitrogens is 1. The van der Waals surface area contributed by atoms with Gasteiger partial charge in [-0.25, -0.2) is 4.99 Å². The van der Waals surface area contributed by atoms with E-state index < -0.39 is 0 Å². The molecule has 0 bridgehead atoms. The zero-order valence-electron chi connectivity index (χ0n) is 16.3. The number of hydrogen-bond donors (Lipinski definition) is 2. The van der Waals surface area contributed by atoms with Gasteiger partial charge in [0, 0.05) is 24.7 Å². The van der Waals surface area contributed by atoms with Gasteiger partial charge >= 0.3 is 0 Å². The van der Waals surface area contributed by atoms with Crippen molar-refractivity contribution in [3.63, 3.8) is 0 Å². The number of aliphatic imine (C=N–C) groups is 1. The molecule has 1 aromatic heterocycles. The Bertz CT molecular complexity index is 891. The molecule has 0 saturated carbocycles. The lowest BCUT2D eigenvalue weighted by Crippen LogP contribution is -2.38. The summed E-state index contributed by atoms with van der Waals surface area (Å²) in [6.45, 7) is 4.29. The summed E-state index contributed by atoms with van der Waals surface area (Å²) in [4.78, 5) is 9.23. The van der Waals surface area contributed by atoms with Crippen LogP contribution in [0, 0.1) is 0 Å². The standard InChI is InChI=1S/C22H26N4O.HI/c1-3-23-22(25-15-13-17-9-11-20(27-2)12-10-17)26-16-19-7-4-6-18-8-5-14-24-21(18)19;/h4-12,14H,3,13,15-16H2,1-2H3,(H2,23,25,26);1H. The third kappa shape index (κ3) is 6.09. The molecule has 0 spiro atoms. The van der Waals surface area contributed by atoms with Crippen LogP contribution in [0.4, 0.5) is 0 Å². The van der Waals surface area contributed by atoms with Crippen molar-refractivity contribution >= 4 is 40.8 Å². The summed E-state index contributed by atoms with van der Waals surface area (Å²) in [5.74, 6) is 1.70. The van der Waals surface area contributed by atoms with E-state index in [1.807, 2.05) is 24.4 Å². The van der Waals surface area contributed by atoms with Crippen LogP contribution in [0.15, 0.2) is 65.8 Å². The lowest BCUT2D eigenvalue weighted by atomic mass is 10.1. The predicted molar refractivity (Wildman–Crippen MR) is 127 cm³/mol. The topological polar surface area (TPSA) is 58.5 Å². The first-order valence-electron chi connectivity index (χ1n) is 9.28. The summed E-state index contributed by atoms with van der Waals surface area (Å²) in [5.41, 5.74) is 3.40. The molecule has 0 radical (unpaired) electrons. The van der Waals surface area contributed by atoms with Crippen LogP contribution in [0.5, 0.6) is 5.75 Å². The van der Waals surface area contributed by atoms with Crippen LogP contribution in [0.2, 0.25) is 0 Å². The molecule has 6 heteroatoms. The van der Waals surface area contributed by atoms with Crippen molar-refractivity contribution in [2.45, 2.75) is 19.9 Å². The molecule has 0 unspecified atom stereocenters. The van der Waals surface area contributed by atoms with Gasteiger partial charge in [-0.15, -0.1) is 24.0 Å². The number of rotatable bonds is 7. The lowest BCUT2D eigenvalue weighted by Gasteiger charge is -2.12. The largest absolute Gasteiger partial charge is 0.497 e. The molecule has 0 saturated heterocycles. The summed E-state index contributed by atoms with van der Waals surface area (Å²) >= 11 is 0. The molecule has 1 heterocycles. The molecule has 0 aliphatic heterocycles. The van der Waals surface area contributed by atoms with Crippen LogP contribution in [-0.4, -0.2) is 31.1 Å². The van der Waals surface area contributed by atoms with Crippen molar-refractivity contribution in [2.24, 2.45) is 4.99 Å². The zero-order valence-corrected chi connectivity index (χ0v) is 18.6. The molecule has 3 rings (SSSR count). The number of benzene rings is 2. The number of halogens is 1. The molecule has 2 N–H and O–H groups in total. The minimum Gasteiger partial charge on any atom is -0.497 e. The van der Waals surface area contributed by atoms with Gasteiger partial charge in [0.25, 0.3) is 0 Å². The molecule has 0 aliphatic rings. The van der Waals surface area contributed by atoms with Crippen molar-refractivity contribution < 1.29 is 4.74 Å². The van der Waals surface area contributed by atoms with Gasteiger partial charge in [0.15, 0.2) is 5.96 Å². The molecule has 148 valence electrons. The number of para-hydroxylation sites is 1. The highest BCUT2D eigenvalue weighted by Gasteiger charge is 2.03. The van der Waals surface area contributed by atoms with Gasteiger partial charge in [-0.3, -0.25) is 4.98 Å². The molecule has 2 aromatic carbocycles. The second-order valence-corrected chi connectivity index (χ2v) is 6.21. The maximum atomic E-state index is 5.20. The van der Waals surface area contributed by atoms with Gasteiger partial charge in [-0.05, 0) is 42.7 Å². The minimum absolute atomic E-state index is 0. The number of nitrogens with one attached hydrogen (secondary N) is 2. The molecule has 28 heavy (non-hydrogen) atoms. The SMILES string of the molecule is CCNC(=NCc1cccc2cccnc12)NCCc1ccc(OC)cc1.I. The van der Waals surface area contributed by atoms with E-state index in [1.54, 1.807) is 7.11 Å². The molecular formula is C22H27IN4O. The van der Waals surface area contributed by atoms with Crippen molar-refractivity contribution in [2.75, 3.05) is 20.2 Å². The Morgan fingerprint density at radius 2 is 1.82 bits per heavy atom. The Labute approximate surface area is 183 Å². The van der Waals surface area contributed by atoms with E-state index in [1.165, 1.54) is 5.56 Å². The Kier molecular flexibility index (Phi) is 9.00. The van der Waals surface area contributed by atoms with Crippen LogP contribution in [0.3, 0.4) is 0 Å². The summed E-state index contributed by atoms with van der Waals surface area (Å²) in [6.07, 6.45) is 2.75.